The first kappa shape index (κ1) is 13.2. The second-order valence-electron chi connectivity index (χ2n) is 3.69. The Hall–Kier alpha value is -1.26. The van der Waals surface area contributed by atoms with Gasteiger partial charge in [-0.1, -0.05) is 35.5 Å². The fourth-order valence-electron chi connectivity index (χ4n) is 1.46. The molecule has 94 valence electrons. The number of benzene rings is 1. The van der Waals surface area contributed by atoms with Gasteiger partial charge >= 0.3 is 0 Å². The van der Waals surface area contributed by atoms with E-state index < -0.39 is 0 Å². The molecule has 0 amide bonds. The number of methoxy groups -OCH3 is 1. The molecule has 0 spiro atoms. The molecule has 1 atom stereocenters. The van der Waals surface area contributed by atoms with Gasteiger partial charge in [0.15, 0.2) is 5.16 Å². The number of ether oxygens (including phenoxy) is 1. The molecular formula is C13H13ClN2OS. The van der Waals surface area contributed by atoms with E-state index in [9.17, 15) is 0 Å². The summed E-state index contributed by atoms with van der Waals surface area (Å²) in [5, 5.41) is 1.71. The SMILES string of the molecule is COc1ccnc(SC(C)c2ccc(Cl)cc2)n1. The molecule has 5 heteroatoms. The highest BCUT2D eigenvalue weighted by Crippen LogP contribution is 2.33. The summed E-state index contributed by atoms with van der Waals surface area (Å²) in [5.41, 5.74) is 1.19. The predicted octanol–water partition coefficient (Wildman–Crippen LogP) is 3.99. The van der Waals surface area contributed by atoms with E-state index in [0.29, 0.717) is 11.0 Å². The lowest BCUT2D eigenvalue weighted by Crippen LogP contribution is -1.94. The molecule has 0 fully saturated rings. The van der Waals surface area contributed by atoms with E-state index in [1.807, 2.05) is 24.3 Å². The molecule has 0 aliphatic rings. The third-order valence-electron chi connectivity index (χ3n) is 2.44. The highest BCUT2D eigenvalue weighted by Gasteiger charge is 2.10. The summed E-state index contributed by atoms with van der Waals surface area (Å²) >= 11 is 7.45. The summed E-state index contributed by atoms with van der Waals surface area (Å²) in [7, 11) is 1.60. The van der Waals surface area contributed by atoms with Crippen LogP contribution in [0.5, 0.6) is 5.88 Å². The minimum absolute atomic E-state index is 0.259. The van der Waals surface area contributed by atoms with E-state index in [-0.39, 0.29) is 5.25 Å². The molecular weight excluding hydrogens is 268 g/mol. The van der Waals surface area contributed by atoms with Crippen molar-refractivity contribution in [3.63, 3.8) is 0 Å². The van der Waals surface area contributed by atoms with Crippen LogP contribution < -0.4 is 4.74 Å². The number of rotatable bonds is 4. The van der Waals surface area contributed by atoms with E-state index in [2.05, 4.69) is 16.9 Å². The van der Waals surface area contributed by atoms with Crippen LogP contribution in [0.2, 0.25) is 5.02 Å². The first-order valence-corrected chi connectivity index (χ1v) is 6.74. The van der Waals surface area contributed by atoms with Crippen LogP contribution in [-0.4, -0.2) is 17.1 Å². The fourth-order valence-corrected chi connectivity index (χ4v) is 2.46. The first-order chi connectivity index (χ1) is 8.69. The van der Waals surface area contributed by atoms with Crippen LogP contribution >= 0.6 is 23.4 Å². The molecule has 0 saturated carbocycles. The summed E-state index contributed by atoms with van der Waals surface area (Å²) < 4.78 is 5.08. The fraction of sp³-hybridized carbons (Fsp3) is 0.231. The van der Waals surface area contributed by atoms with Crippen LogP contribution in [0.25, 0.3) is 0 Å². The summed E-state index contributed by atoms with van der Waals surface area (Å²) in [6.45, 7) is 2.11. The van der Waals surface area contributed by atoms with Crippen molar-refractivity contribution in [2.45, 2.75) is 17.3 Å². The number of halogens is 1. The molecule has 3 nitrogen and oxygen atoms in total. The van der Waals surface area contributed by atoms with Gasteiger partial charge in [-0.25, -0.2) is 4.98 Å². The van der Waals surface area contributed by atoms with Gasteiger partial charge in [0.25, 0.3) is 0 Å². The van der Waals surface area contributed by atoms with E-state index in [1.54, 1.807) is 31.1 Å². The number of aromatic nitrogens is 2. The third kappa shape index (κ3) is 3.37. The van der Waals surface area contributed by atoms with Gasteiger partial charge in [-0.2, -0.15) is 4.98 Å². The Morgan fingerprint density at radius 3 is 2.61 bits per heavy atom. The number of hydrogen-bond acceptors (Lipinski definition) is 4. The van der Waals surface area contributed by atoms with Crippen LogP contribution in [0.15, 0.2) is 41.7 Å². The van der Waals surface area contributed by atoms with Crippen LogP contribution in [0.4, 0.5) is 0 Å². The molecule has 2 aromatic rings. The van der Waals surface area contributed by atoms with Gasteiger partial charge in [0.05, 0.1) is 7.11 Å². The molecule has 1 heterocycles. The van der Waals surface area contributed by atoms with Crippen molar-refractivity contribution in [3.8, 4) is 5.88 Å². The average molecular weight is 281 g/mol. The van der Waals surface area contributed by atoms with Crippen LogP contribution in [0.1, 0.15) is 17.7 Å². The molecule has 1 aromatic carbocycles. The Labute approximate surface area is 116 Å². The molecule has 0 aliphatic heterocycles. The Morgan fingerprint density at radius 1 is 1.22 bits per heavy atom. The number of thioether (sulfide) groups is 1. The van der Waals surface area contributed by atoms with Gasteiger partial charge in [-0.3, -0.25) is 0 Å². The minimum atomic E-state index is 0.259. The maximum atomic E-state index is 5.87. The molecule has 18 heavy (non-hydrogen) atoms. The zero-order chi connectivity index (χ0) is 13.0. The Bertz CT molecular complexity index is 519. The summed E-state index contributed by atoms with van der Waals surface area (Å²) in [4.78, 5) is 8.49. The molecule has 1 unspecified atom stereocenters. The second kappa shape index (κ2) is 6.07. The van der Waals surface area contributed by atoms with Crippen molar-refractivity contribution in [3.05, 3.63) is 47.1 Å². The second-order valence-corrected chi connectivity index (χ2v) is 5.44. The minimum Gasteiger partial charge on any atom is -0.481 e. The lowest BCUT2D eigenvalue weighted by molar-refractivity contribution is 0.392. The molecule has 2 rings (SSSR count). The van der Waals surface area contributed by atoms with Crippen molar-refractivity contribution >= 4 is 23.4 Å². The van der Waals surface area contributed by atoms with Crippen molar-refractivity contribution in [1.82, 2.24) is 9.97 Å². The van der Waals surface area contributed by atoms with Gasteiger partial charge in [-0.15, -0.1) is 0 Å². The summed E-state index contributed by atoms with van der Waals surface area (Å²) in [5.74, 6) is 0.579. The highest BCUT2D eigenvalue weighted by atomic mass is 35.5. The smallest absolute Gasteiger partial charge is 0.216 e. The van der Waals surface area contributed by atoms with E-state index in [4.69, 9.17) is 16.3 Å². The third-order valence-corrected chi connectivity index (χ3v) is 3.72. The molecule has 0 saturated heterocycles. The van der Waals surface area contributed by atoms with Crippen molar-refractivity contribution in [1.29, 1.82) is 0 Å². The number of hydrogen-bond donors (Lipinski definition) is 0. The topological polar surface area (TPSA) is 35.0 Å². The van der Waals surface area contributed by atoms with Crippen molar-refractivity contribution in [2.24, 2.45) is 0 Å². The maximum Gasteiger partial charge on any atom is 0.216 e. The van der Waals surface area contributed by atoms with E-state index >= 15 is 0 Å². The van der Waals surface area contributed by atoms with Crippen molar-refractivity contribution < 1.29 is 4.74 Å². The highest BCUT2D eigenvalue weighted by molar-refractivity contribution is 7.99. The van der Waals surface area contributed by atoms with Crippen LogP contribution in [0, 0.1) is 0 Å². The quantitative estimate of drug-likeness (QED) is 0.626. The average Bonchev–Trinajstić information content (AvgIpc) is 2.39. The number of nitrogens with zero attached hydrogens (tertiary/aromatic N) is 2. The predicted molar refractivity (Wildman–Crippen MR) is 74.3 cm³/mol. The summed E-state index contributed by atoms with van der Waals surface area (Å²) in [6, 6.07) is 9.54. The monoisotopic (exact) mass is 280 g/mol. The molecule has 0 aliphatic carbocycles. The van der Waals surface area contributed by atoms with Crippen LogP contribution in [0.3, 0.4) is 0 Å². The van der Waals surface area contributed by atoms with Gasteiger partial charge in [0.1, 0.15) is 0 Å². The Kier molecular flexibility index (Phi) is 4.44. The maximum absolute atomic E-state index is 5.87. The standard InChI is InChI=1S/C13H13ClN2OS/c1-9(10-3-5-11(14)6-4-10)18-13-15-8-7-12(16-13)17-2/h3-9H,1-2H3. The van der Waals surface area contributed by atoms with Crippen LogP contribution in [-0.2, 0) is 0 Å². The van der Waals surface area contributed by atoms with Gasteiger partial charge in [0, 0.05) is 22.5 Å². The van der Waals surface area contributed by atoms with Gasteiger partial charge in [-0.05, 0) is 24.6 Å². The van der Waals surface area contributed by atoms with E-state index in [0.717, 1.165) is 5.02 Å². The summed E-state index contributed by atoms with van der Waals surface area (Å²) in [6.07, 6.45) is 1.70. The van der Waals surface area contributed by atoms with Gasteiger partial charge < -0.3 is 4.74 Å². The Morgan fingerprint density at radius 2 is 1.94 bits per heavy atom. The van der Waals surface area contributed by atoms with Crippen molar-refractivity contribution in [2.75, 3.05) is 7.11 Å². The normalized spacial score (nSPS) is 12.2. The molecule has 0 radical (unpaired) electrons. The molecule has 1 aromatic heterocycles. The van der Waals surface area contributed by atoms with Gasteiger partial charge in [0.2, 0.25) is 5.88 Å². The molecule has 0 N–H and O–H groups in total. The Balaban J connectivity index is 2.10. The molecule has 0 bridgehead atoms. The first-order valence-electron chi connectivity index (χ1n) is 5.48. The van der Waals surface area contributed by atoms with E-state index in [1.165, 1.54) is 5.56 Å². The zero-order valence-electron chi connectivity index (χ0n) is 10.1. The zero-order valence-corrected chi connectivity index (χ0v) is 11.7. The lowest BCUT2D eigenvalue weighted by atomic mass is 10.2. The largest absolute Gasteiger partial charge is 0.481 e. The lowest BCUT2D eigenvalue weighted by Gasteiger charge is -2.10.